The average Bonchev–Trinajstić information content (AvgIpc) is 2.16. The van der Waals surface area contributed by atoms with Crippen LogP contribution in [0.1, 0.15) is 28.2 Å². The molecule has 1 aromatic rings. The van der Waals surface area contributed by atoms with Crippen molar-refractivity contribution in [2.24, 2.45) is 0 Å². The van der Waals surface area contributed by atoms with E-state index in [4.69, 9.17) is 16.7 Å². The summed E-state index contributed by atoms with van der Waals surface area (Å²) in [6.07, 6.45) is 0. The van der Waals surface area contributed by atoms with E-state index in [2.05, 4.69) is 0 Å². The number of halogens is 1. The van der Waals surface area contributed by atoms with Gasteiger partial charge in [0.15, 0.2) is 0 Å². The van der Waals surface area contributed by atoms with Crippen molar-refractivity contribution in [3.63, 3.8) is 0 Å². The Kier molecular flexibility index (Phi) is 3.26. The summed E-state index contributed by atoms with van der Waals surface area (Å²) < 4.78 is 0. The van der Waals surface area contributed by atoms with Gasteiger partial charge in [0.25, 0.3) is 5.69 Å². The van der Waals surface area contributed by atoms with Crippen molar-refractivity contribution in [3.8, 4) is 0 Å². The van der Waals surface area contributed by atoms with Crippen LogP contribution < -0.4 is 0 Å². The van der Waals surface area contributed by atoms with Crippen molar-refractivity contribution in [1.82, 2.24) is 0 Å². The van der Waals surface area contributed by atoms with Gasteiger partial charge in [-0.25, -0.2) is 4.79 Å². The van der Waals surface area contributed by atoms with Gasteiger partial charge in [-0.05, 0) is 18.6 Å². The SMILES string of the molecule is CC(Cl)c1cc([N+](=O)[O-])ccc1C(=O)O. The van der Waals surface area contributed by atoms with E-state index in [0.29, 0.717) is 0 Å². The molecule has 0 aromatic heterocycles. The predicted molar refractivity (Wildman–Crippen MR) is 54.3 cm³/mol. The lowest BCUT2D eigenvalue weighted by molar-refractivity contribution is -0.384. The number of carboxylic acid groups (broad SMARTS) is 1. The quantitative estimate of drug-likeness (QED) is 0.491. The molecule has 1 unspecified atom stereocenters. The first-order valence-electron chi connectivity index (χ1n) is 4.09. The summed E-state index contributed by atoms with van der Waals surface area (Å²) in [5.41, 5.74) is 0.0731. The summed E-state index contributed by atoms with van der Waals surface area (Å²) in [7, 11) is 0. The van der Waals surface area contributed by atoms with E-state index in [1.54, 1.807) is 6.92 Å². The highest BCUT2D eigenvalue weighted by atomic mass is 35.5. The summed E-state index contributed by atoms with van der Waals surface area (Å²) in [6.45, 7) is 1.56. The smallest absolute Gasteiger partial charge is 0.336 e. The van der Waals surface area contributed by atoms with Crippen LogP contribution in [0, 0.1) is 10.1 Å². The van der Waals surface area contributed by atoms with Crippen molar-refractivity contribution >= 4 is 23.3 Å². The Balaban J connectivity index is 3.33. The van der Waals surface area contributed by atoms with Crippen LogP contribution in [0.15, 0.2) is 18.2 Å². The summed E-state index contributed by atoms with van der Waals surface area (Å²) >= 11 is 5.74. The predicted octanol–water partition coefficient (Wildman–Crippen LogP) is 2.59. The molecule has 1 rings (SSSR count). The number of hydrogen-bond donors (Lipinski definition) is 1. The van der Waals surface area contributed by atoms with Gasteiger partial charge in [0, 0.05) is 12.1 Å². The topological polar surface area (TPSA) is 80.4 Å². The van der Waals surface area contributed by atoms with E-state index >= 15 is 0 Å². The van der Waals surface area contributed by atoms with E-state index in [1.807, 2.05) is 0 Å². The van der Waals surface area contributed by atoms with Gasteiger partial charge in [0.05, 0.1) is 15.9 Å². The molecule has 1 aromatic carbocycles. The van der Waals surface area contributed by atoms with Crippen molar-refractivity contribution < 1.29 is 14.8 Å². The molecule has 0 saturated carbocycles. The molecule has 0 bridgehead atoms. The highest BCUT2D eigenvalue weighted by Gasteiger charge is 2.18. The van der Waals surface area contributed by atoms with Gasteiger partial charge in [-0.2, -0.15) is 0 Å². The van der Waals surface area contributed by atoms with Crippen molar-refractivity contribution in [1.29, 1.82) is 0 Å². The number of alkyl halides is 1. The molecule has 6 heteroatoms. The number of nitro groups is 1. The zero-order valence-corrected chi connectivity index (χ0v) is 8.56. The van der Waals surface area contributed by atoms with E-state index in [1.165, 1.54) is 12.1 Å². The number of non-ortho nitro benzene ring substituents is 1. The summed E-state index contributed by atoms with van der Waals surface area (Å²) in [5.74, 6) is -1.15. The summed E-state index contributed by atoms with van der Waals surface area (Å²) in [4.78, 5) is 20.7. The first-order valence-corrected chi connectivity index (χ1v) is 4.53. The molecule has 0 amide bonds. The monoisotopic (exact) mass is 229 g/mol. The number of carboxylic acids is 1. The molecule has 0 aliphatic carbocycles. The molecule has 0 fully saturated rings. The van der Waals surface area contributed by atoms with Gasteiger partial charge in [-0.1, -0.05) is 0 Å². The first kappa shape index (κ1) is 11.5. The minimum atomic E-state index is -1.15. The average molecular weight is 230 g/mol. The van der Waals surface area contributed by atoms with Crippen molar-refractivity contribution in [2.75, 3.05) is 0 Å². The van der Waals surface area contributed by atoms with Crippen molar-refractivity contribution in [3.05, 3.63) is 39.4 Å². The number of nitro benzene ring substituents is 1. The van der Waals surface area contributed by atoms with Crippen molar-refractivity contribution in [2.45, 2.75) is 12.3 Å². The highest BCUT2D eigenvalue weighted by molar-refractivity contribution is 6.21. The zero-order chi connectivity index (χ0) is 11.6. The number of carbonyl (C=O) groups is 1. The Hall–Kier alpha value is -1.62. The molecule has 0 heterocycles. The van der Waals surface area contributed by atoms with Gasteiger partial charge in [0.1, 0.15) is 0 Å². The number of nitrogens with zero attached hydrogens (tertiary/aromatic N) is 1. The second kappa shape index (κ2) is 4.27. The fourth-order valence-electron chi connectivity index (χ4n) is 1.19. The van der Waals surface area contributed by atoms with Crippen LogP contribution in [-0.4, -0.2) is 16.0 Å². The number of hydrogen-bond acceptors (Lipinski definition) is 3. The second-order valence-corrected chi connectivity index (χ2v) is 3.60. The number of aromatic carboxylic acids is 1. The first-order chi connectivity index (χ1) is 6.93. The Morgan fingerprint density at radius 1 is 1.60 bits per heavy atom. The normalized spacial score (nSPS) is 12.1. The van der Waals surface area contributed by atoms with E-state index in [-0.39, 0.29) is 16.8 Å². The van der Waals surface area contributed by atoms with Gasteiger partial charge in [-0.3, -0.25) is 10.1 Å². The molecule has 1 N–H and O–H groups in total. The van der Waals surface area contributed by atoms with Crippen LogP contribution in [0.25, 0.3) is 0 Å². The van der Waals surface area contributed by atoms with Crippen LogP contribution in [0.2, 0.25) is 0 Å². The molecule has 0 aliphatic heterocycles. The minimum Gasteiger partial charge on any atom is -0.478 e. The van der Waals surface area contributed by atoms with Gasteiger partial charge < -0.3 is 5.11 Å². The Morgan fingerprint density at radius 2 is 2.20 bits per heavy atom. The van der Waals surface area contributed by atoms with Crippen LogP contribution in [0.3, 0.4) is 0 Å². The molecular formula is C9H8ClNO4. The van der Waals surface area contributed by atoms with Crippen LogP contribution >= 0.6 is 11.6 Å². The Labute approximate surface area is 90.4 Å². The maximum Gasteiger partial charge on any atom is 0.336 e. The highest BCUT2D eigenvalue weighted by Crippen LogP contribution is 2.27. The molecule has 0 aliphatic rings. The number of rotatable bonds is 3. The largest absolute Gasteiger partial charge is 0.478 e. The van der Waals surface area contributed by atoms with Crippen LogP contribution in [0.5, 0.6) is 0 Å². The maximum atomic E-state index is 10.8. The molecule has 5 nitrogen and oxygen atoms in total. The zero-order valence-electron chi connectivity index (χ0n) is 7.81. The van der Waals surface area contributed by atoms with Gasteiger partial charge in [-0.15, -0.1) is 11.6 Å². The third kappa shape index (κ3) is 2.44. The van der Waals surface area contributed by atoms with Gasteiger partial charge >= 0.3 is 5.97 Å². The van der Waals surface area contributed by atoms with Gasteiger partial charge in [0.2, 0.25) is 0 Å². The van der Waals surface area contributed by atoms with Crippen LogP contribution in [0.4, 0.5) is 5.69 Å². The Morgan fingerprint density at radius 3 is 2.60 bits per heavy atom. The fourth-order valence-corrected chi connectivity index (χ4v) is 1.37. The molecule has 1 atom stereocenters. The molecule has 15 heavy (non-hydrogen) atoms. The van der Waals surface area contributed by atoms with E-state index in [9.17, 15) is 14.9 Å². The maximum absolute atomic E-state index is 10.8. The minimum absolute atomic E-state index is 0.0110. The van der Waals surface area contributed by atoms with E-state index < -0.39 is 16.3 Å². The lowest BCUT2D eigenvalue weighted by Crippen LogP contribution is -2.03. The molecular weight excluding hydrogens is 222 g/mol. The number of benzene rings is 1. The molecule has 0 spiro atoms. The third-order valence-corrected chi connectivity index (χ3v) is 2.14. The fraction of sp³-hybridized carbons (Fsp3) is 0.222. The lowest BCUT2D eigenvalue weighted by Gasteiger charge is -2.07. The lowest BCUT2D eigenvalue weighted by atomic mass is 10.0. The summed E-state index contributed by atoms with van der Waals surface area (Å²) in [6, 6.07) is 3.52. The third-order valence-electron chi connectivity index (χ3n) is 1.90. The standard InChI is InChI=1S/C9H8ClNO4/c1-5(10)8-4-6(11(14)15)2-3-7(8)9(12)13/h2-5H,1H3,(H,12,13). The molecule has 0 radical (unpaired) electrons. The Bertz CT molecular complexity index is 417. The molecule has 80 valence electrons. The second-order valence-electron chi connectivity index (χ2n) is 2.95. The molecule has 0 saturated heterocycles. The summed E-state index contributed by atoms with van der Waals surface area (Å²) in [5, 5.41) is 18.7. The van der Waals surface area contributed by atoms with Crippen LogP contribution in [-0.2, 0) is 0 Å². The van der Waals surface area contributed by atoms with E-state index in [0.717, 1.165) is 6.07 Å².